The number of halogens is 1. The number of nitro groups is 1. The molecule has 1 heterocycles. The van der Waals surface area contributed by atoms with E-state index in [0.29, 0.717) is 0 Å². The van der Waals surface area contributed by atoms with E-state index in [4.69, 9.17) is 10.5 Å². The molecular formula is C14H11FN2O3S. The van der Waals surface area contributed by atoms with E-state index >= 15 is 0 Å². The molecule has 2 aromatic rings. The van der Waals surface area contributed by atoms with E-state index in [9.17, 15) is 14.5 Å². The van der Waals surface area contributed by atoms with Gasteiger partial charge in [-0.1, -0.05) is 11.8 Å². The molecule has 0 saturated carbocycles. The van der Waals surface area contributed by atoms with Crippen molar-refractivity contribution >= 4 is 17.0 Å². The molecule has 108 valence electrons. The second-order valence-electron chi connectivity index (χ2n) is 3.93. The molecule has 2 N–H and O–H groups in total. The molecule has 7 heteroatoms. The Balaban J connectivity index is 2.11. The van der Waals surface area contributed by atoms with Crippen LogP contribution in [-0.4, -0.2) is 11.5 Å². The molecule has 5 nitrogen and oxygen atoms in total. The van der Waals surface area contributed by atoms with Gasteiger partial charge in [-0.15, -0.1) is 11.3 Å². The van der Waals surface area contributed by atoms with Crippen LogP contribution in [0.15, 0.2) is 30.3 Å². The Kier molecular flexibility index (Phi) is 4.87. The second kappa shape index (κ2) is 6.83. The van der Waals surface area contributed by atoms with Gasteiger partial charge >= 0.3 is 5.69 Å². The zero-order valence-electron chi connectivity index (χ0n) is 10.8. The summed E-state index contributed by atoms with van der Waals surface area (Å²) in [6, 6.07) is 6.72. The molecule has 0 bridgehead atoms. The van der Waals surface area contributed by atoms with Crippen molar-refractivity contribution in [3.05, 3.63) is 56.0 Å². The monoisotopic (exact) mass is 306 g/mol. The Labute approximate surface area is 124 Å². The Bertz CT molecular complexity index is 718. The summed E-state index contributed by atoms with van der Waals surface area (Å²) in [5.74, 6) is 4.93. The molecule has 0 aliphatic heterocycles. The Hall–Kier alpha value is -2.43. The van der Waals surface area contributed by atoms with Crippen molar-refractivity contribution in [2.24, 2.45) is 5.73 Å². The average molecular weight is 306 g/mol. The van der Waals surface area contributed by atoms with Crippen LogP contribution in [0.5, 0.6) is 5.75 Å². The maximum Gasteiger partial charge on any atom is 0.311 e. The summed E-state index contributed by atoms with van der Waals surface area (Å²) in [4.78, 5) is 11.9. The summed E-state index contributed by atoms with van der Waals surface area (Å²) in [5, 5.41) is 10.8. The predicted molar refractivity (Wildman–Crippen MR) is 77.6 cm³/mol. The van der Waals surface area contributed by atoms with Gasteiger partial charge in [-0.25, -0.2) is 4.39 Å². The summed E-state index contributed by atoms with van der Waals surface area (Å²) in [5.41, 5.74) is 5.02. The smallest absolute Gasteiger partial charge is 0.311 e. The lowest BCUT2D eigenvalue weighted by atomic mass is 10.3. The van der Waals surface area contributed by atoms with Crippen LogP contribution in [0, 0.1) is 27.8 Å². The molecular weight excluding hydrogens is 295 g/mol. The van der Waals surface area contributed by atoms with Crippen molar-refractivity contribution in [1.82, 2.24) is 0 Å². The number of benzene rings is 1. The van der Waals surface area contributed by atoms with Crippen LogP contribution < -0.4 is 10.5 Å². The van der Waals surface area contributed by atoms with Crippen molar-refractivity contribution in [3.8, 4) is 17.6 Å². The standard InChI is InChI=1S/C14H11FN2O3S/c15-10-3-6-13(17(18)19)14(8-10)20-9-12-5-4-11(21-12)2-1-7-16/h3-6,8H,7,9,16H2. The molecule has 0 amide bonds. The van der Waals surface area contributed by atoms with Gasteiger partial charge in [-0.2, -0.15) is 0 Å². The first-order valence-electron chi connectivity index (χ1n) is 5.94. The van der Waals surface area contributed by atoms with E-state index in [1.165, 1.54) is 11.3 Å². The van der Waals surface area contributed by atoms with Gasteiger partial charge < -0.3 is 10.5 Å². The lowest BCUT2D eigenvalue weighted by Crippen LogP contribution is -1.98. The minimum Gasteiger partial charge on any atom is -0.481 e. The van der Waals surface area contributed by atoms with Gasteiger partial charge in [0, 0.05) is 17.0 Å². The third-order valence-electron chi connectivity index (χ3n) is 2.46. The van der Waals surface area contributed by atoms with E-state index in [0.717, 1.165) is 28.0 Å². The number of ether oxygens (including phenoxy) is 1. The molecule has 0 fully saturated rings. The third-order valence-corrected chi connectivity index (χ3v) is 3.44. The van der Waals surface area contributed by atoms with Crippen LogP contribution in [-0.2, 0) is 6.61 Å². The molecule has 2 rings (SSSR count). The van der Waals surface area contributed by atoms with Crippen LogP contribution in [0.25, 0.3) is 0 Å². The maximum atomic E-state index is 13.1. The Morgan fingerprint density at radius 1 is 1.38 bits per heavy atom. The van der Waals surface area contributed by atoms with Gasteiger partial charge in [0.1, 0.15) is 12.4 Å². The molecule has 0 aliphatic rings. The van der Waals surface area contributed by atoms with Crippen LogP contribution >= 0.6 is 11.3 Å². The molecule has 0 unspecified atom stereocenters. The highest BCUT2D eigenvalue weighted by molar-refractivity contribution is 7.12. The fourth-order valence-corrected chi connectivity index (χ4v) is 2.36. The van der Waals surface area contributed by atoms with Crippen molar-refractivity contribution in [1.29, 1.82) is 0 Å². The van der Waals surface area contributed by atoms with Gasteiger partial charge in [0.25, 0.3) is 0 Å². The minimum atomic E-state index is -0.610. The van der Waals surface area contributed by atoms with E-state index in [1.807, 2.05) is 6.07 Å². The highest BCUT2D eigenvalue weighted by Crippen LogP contribution is 2.29. The summed E-state index contributed by atoms with van der Waals surface area (Å²) in [6.45, 7) is 0.387. The molecule has 0 aliphatic carbocycles. The topological polar surface area (TPSA) is 78.4 Å². The molecule has 0 atom stereocenters. The summed E-state index contributed by atoms with van der Waals surface area (Å²) >= 11 is 1.39. The zero-order chi connectivity index (χ0) is 15.2. The first kappa shape index (κ1) is 15.0. The van der Waals surface area contributed by atoms with Crippen molar-refractivity contribution in [2.45, 2.75) is 6.61 Å². The summed E-state index contributed by atoms with van der Waals surface area (Å²) in [6.07, 6.45) is 0. The van der Waals surface area contributed by atoms with E-state index in [1.54, 1.807) is 6.07 Å². The van der Waals surface area contributed by atoms with E-state index in [2.05, 4.69) is 11.8 Å². The maximum absolute atomic E-state index is 13.1. The van der Waals surface area contributed by atoms with Gasteiger partial charge in [0.05, 0.1) is 16.3 Å². The first-order valence-corrected chi connectivity index (χ1v) is 6.76. The molecule has 1 aromatic heterocycles. The first-order chi connectivity index (χ1) is 10.1. The SMILES string of the molecule is NCC#Cc1ccc(COc2cc(F)ccc2[N+](=O)[O-])s1. The van der Waals surface area contributed by atoms with Gasteiger partial charge in [-0.05, 0) is 18.2 Å². The number of hydrogen-bond acceptors (Lipinski definition) is 5. The second-order valence-corrected chi connectivity index (χ2v) is 5.10. The lowest BCUT2D eigenvalue weighted by Gasteiger charge is -2.05. The fourth-order valence-electron chi connectivity index (χ4n) is 1.56. The Morgan fingerprint density at radius 3 is 2.90 bits per heavy atom. The number of thiophene rings is 1. The molecule has 0 saturated heterocycles. The minimum absolute atomic E-state index is 0.0945. The molecule has 1 aromatic carbocycles. The molecule has 0 radical (unpaired) electrons. The third kappa shape index (κ3) is 4.02. The largest absolute Gasteiger partial charge is 0.481 e. The van der Waals surface area contributed by atoms with E-state index in [-0.39, 0.29) is 24.6 Å². The quantitative estimate of drug-likeness (QED) is 0.535. The van der Waals surface area contributed by atoms with Crippen LogP contribution in [0.2, 0.25) is 0 Å². The van der Waals surface area contributed by atoms with Crippen LogP contribution in [0.4, 0.5) is 10.1 Å². The molecule has 0 spiro atoms. The number of nitrogens with zero attached hydrogens (tertiary/aromatic N) is 1. The number of hydrogen-bond donors (Lipinski definition) is 1. The number of nitro benzene ring substituents is 1. The van der Waals surface area contributed by atoms with Gasteiger partial charge in [0.2, 0.25) is 0 Å². The normalized spacial score (nSPS) is 9.81. The Morgan fingerprint density at radius 2 is 2.19 bits per heavy atom. The highest BCUT2D eigenvalue weighted by Gasteiger charge is 2.16. The zero-order valence-corrected chi connectivity index (χ0v) is 11.7. The highest BCUT2D eigenvalue weighted by atomic mass is 32.1. The van der Waals surface area contributed by atoms with E-state index < -0.39 is 10.7 Å². The van der Waals surface area contributed by atoms with Crippen molar-refractivity contribution in [2.75, 3.05) is 6.54 Å². The van der Waals surface area contributed by atoms with Crippen LogP contribution in [0.1, 0.15) is 9.75 Å². The van der Waals surface area contributed by atoms with Crippen molar-refractivity contribution in [3.63, 3.8) is 0 Å². The van der Waals surface area contributed by atoms with Crippen LogP contribution in [0.3, 0.4) is 0 Å². The van der Waals surface area contributed by atoms with Gasteiger partial charge in [-0.3, -0.25) is 10.1 Å². The summed E-state index contributed by atoms with van der Waals surface area (Å²) < 4.78 is 18.5. The van der Waals surface area contributed by atoms with Gasteiger partial charge in [0.15, 0.2) is 5.75 Å². The summed E-state index contributed by atoms with van der Waals surface area (Å²) in [7, 11) is 0. The van der Waals surface area contributed by atoms with Crippen molar-refractivity contribution < 1.29 is 14.1 Å². The fraction of sp³-hybridized carbons (Fsp3) is 0.143. The number of nitrogens with two attached hydrogens (primary N) is 1. The lowest BCUT2D eigenvalue weighted by molar-refractivity contribution is -0.386. The average Bonchev–Trinajstić information content (AvgIpc) is 2.90. The predicted octanol–water partition coefficient (Wildman–Crippen LogP) is 2.68. The molecule has 21 heavy (non-hydrogen) atoms. The number of rotatable bonds is 4.